The van der Waals surface area contributed by atoms with Crippen LogP contribution in [0.2, 0.25) is 10.0 Å². The number of rotatable bonds is 7. The maximum atomic E-state index is 10.5. The molecule has 0 unspecified atom stereocenters. The first-order valence-electron chi connectivity index (χ1n) is 6.23. The zero-order valence-corrected chi connectivity index (χ0v) is 13.3. The van der Waals surface area contributed by atoms with Crippen LogP contribution in [0.4, 0.5) is 0 Å². The number of aryl methyl sites for hydroxylation is 2. The number of hydrogen-bond acceptors (Lipinski definition) is 4. The molecule has 2 rings (SSSR count). The molecular weight excluding hydrogens is 333 g/mol. The Hall–Kier alpha value is -1.24. The molecule has 21 heavy (non-hydrogen) atoms. The predicted octanol–water partition coefficient (Wildman–Crippen LogP) is 3.39. The number of nitrogens with zero attached hydrogens (tertiary/aromatic N) is 3. The Kier molecular flexibility index (Phi) is 5.90. The number of carbonyl (C=O) groups is 1. The van der Waals surface area contributed by atoms with Gasteiger partial charge in [0.05, 0.1) is 23.7 Å². The van der Waals surface area contributed by atoms with Crippen LogP contribution in [0.3, 0.4) is 0 Å². The zero-order chi connectivity index (χ0) is 15.2. The Balaban J connectivity index is 1.83. The van der Waals surface area contributed by atoms with Crippen molar-refractivity contribution in [2.75, 3.05) is 5.75 Å². The van der Waals surface area contributed by atoms with Crippen LogP contribution in [0.25, 0.3) is 0 Å². The quantitative estimate of drug-likeness (QED) is 0.779. The largest absolute Gasteiger partial charge is 0.481 e. The minimum absolute atomic E-state index is 0.0611. The third-order valence-electron chi connectivity index (χ3n) is 2.65. The van der Waals surface area contributed by atoms with E-state index in [1.54, 1.807) is 34.8 Å². The molecule has 0 aliphatic rings. The summed E-state index contributed by atoms with van der Waals surface area (Å²) in [6.07, 6.45) is 2.22. The molecular formula is C13H13Cl2N3O2S. The first-order chi connectivity index (χ1) is 10.0. The van der Waals surface area contributed by atoms with E-state index in [1.807, 2.05) is 6.07 Å². The van der Waals surface area contributed by atoms with Gasteiger partial charge in [-0.2, -0.15) is 0 Å². The molecule has 0 bridgehead atoms. The van der Waals surface area contributed by atoms with Crippen molar-refractivity contribution in [2.45, 2.75) is 24.3 Å². The van der Waals surface area contributed by atoms with Crippen molar-refractivity contribution in [3.63, 3.8) is 0 Å². The van der Waals surface area contributed by atoms with Gasteiger partial charge in [-0.05, 0) is 18.2 Å². The molecule has 0 aliphatic carbocycles. The van der Waals surface area contributed by atoms with Crippen LogP contribution in [0.15, 0.2) is 29.3 Å². The van der Waals surface area contributed by atoms with Crippen LogP contribution in [0.5, 0.6) is 0 Å². The van der Waals surface area contributed by atoms with E-state index in [0.29, 0.717) is 28.7 Å². The lowest BCUT2D eigenvalue weighted by atomic mass is 10.2. The summed E-state index contributed by atoms with van der Waals surface area (Å²) in [4.78, 5) is 11.4. The Morgan fingerprint density at radius 2 is 2.19 bits per heavy atom. The summed E-state index contributed by atoms with van der Waals surface area (Å²) in [6.45, 7) is 0.660. The standard InChI is InChI=1S/C13H13Cl2N3O2S/c14-9-1-3-11(15)12(7-9)21-6-5-18-8-10(16-17-18)2-4-13(19)20/h1,3,7-8H,2,4-6H2,(H,19,20). The number of carboxylic acids is 1. The highest BCUT2D eigenvalue weighted by atomic mass is 35.5. The van der Waals surface area contributed by atoms with Gasteiger partial charge in [-0.1, -0.05) is 28.4 Å². The van der Waals surface area contributed by atoms with E-state index in [1.165, 1.54) is 0 Å². The molecule has 8 heteroatoms. The average Bonchev–Trinajstić information content (AvgIpc) is 2.88. The van der Waals surface area contributed by atoms with Crippen molar-refractivity contribution in [3.05, 3.63) is 40.1 Å². The van der Waals surface area contributed by atoms with Crippen LogP contribution in [-0.4, -0.2) is 31.8 Å². The van der Waals surface area contributed by atoms with E-state index in [9.17, 15) is 4.79 Å². The number of halogens is 2. The molecule has 0 saturated heterocycles. The van der Waals surface area contributed by atoms with E-state index >= 15 is 0 Å². The van der Waals surface area contributed by atoms with Crippen LogP contribution in [0, 0.1) is 0 Å². The highest BCUT2D eigenvalue weighted by Gasteiger charge is 2.05. The van der Waals surface area contributed by atoms with Crippen molar-refractivity contribution in [3.8, 4) is 0 Å². The molecule has 0 amide bonds. The number of thioether (sulfide) groups is 1. The zero-order valence-electron chi connectivity index (χ0n) is 11.0. The van der Waals surface area contributed by atoms with E-state index in [4.69, 9.17) is 28.3 Å². The molecule has 1 aromatic heterocycles. The van der Waals surface area contributed by atoms with E-state index < -0.39 is 5.97 Å². The summed E-state index contributed by atoms with van der Waals surface area (Å²) in [7, 11) is 0. The highest BCUT2D eigenvalue weighted by molar-refractivity contribution is 7.99. The van der Waals surface area contributed by atoms with Gasteiger partial charge < -0.3 is 5.11 Å². The summed E-state index contributed by atoms with van der Waals surface area (Å²) < 4.78 is 1.70. The third kappa shape index (κ3) is 5.22. The van der Waals surface area contributed by atoms with Crippen LogP contribution in [0.1, 0.15) is 12.1 Å². The topological polar surface area (TPSA) is 68.0 Å². The van der Waals surface area contributed by atoms with Gasteiger partial charge in [0.2, 0.25) is 0 Å². The average molecular weight is 346 g/mol. The second kappa shape index (κ2) is 7.68. The SMILES string of the molecule is O=C(O)CCc1cn(CCSc2cc(Cl)ccc2Cl)nn1. The Morgan fingerprint density at radius 3 is 2.95 bits per heavy atom. The van der Waals surface area contributed by atoms with Gasteiger partial charge >= 0.3 is 5.97 Å². The fourth-order valence-corrected chi connectivity index (χ4v) is 3.07. The normalized spacial score (nSPS) is 10.8. The number of aromatic nitrogens is 3. The number of benzene rings is 1. The summed E-state index contributed by atoms with van der Waals surface area (Å²) in [6, 6.07) is 5.35. The van der Waals surface area contributed by atoms with Crippen molar-refractivity contribution >= 4 is 40.9 Å². The van der Waals surface area contributed by atoms with E-state index in [-0.39, 0.29) is 6.42 Å². The molecule has 0 fully saturated rings. The molecule has 112 valence electrons. The highest BCUT2D eigenvalue weighted by Crippen LogP contribution is 2.29. The number of carboxylic acid groups (broad SMARTS) is 1. The monoisotopic (exact) mass is 345 g/mol. The molecule has 5 nitrogen and oxygen atoms in total. The molecule has 0 radical (unpaired) electrons. The van der Waals surface area contributed by atoms with Gasteiger partial charge in [0, 0.05) is 28.3 Å². The first kappa shape index (κ1) is 16.1. The number of hydrogen-bond donors (Lipinski definition) is 1. The molecule has 0 saturated carbocycles. The predicted molar refractivity (Wildman–Crippen MR) is 83.2 cm³/mol. The molecule has 1 heterocycles. The summed E-state index contributed by atoms with van der Waals surface area (Å²) in [5.41, 5.74) is 0.684. The van der Waals surface area contributed by atoms with Crippen LogP contribution < -0.4 is 0 Å². The lowest BCUT2D eigenvalue weighted by Gasteiger charge is -2.04. The molecule has 0 aliphatic heterocycles. The second-order valence-corrected chi connectivity index (χ2v) is 6.27. The molecule has 1 aromatic carbocycles. The molecule has 1 N–H and O–H groups in total. The van der Waals surface area contributed by atoms with Gasteiger partial charge in [-0.25, -0.2) is 0 Å². The van der Waals surface area contributed by atoms with Gasteiger partial charge in [0.1, 0.15) is 0 Å². The summed E-state index contributed by atoms with van der Waals surface area (Å²) >= 11 is 13.6. The maximum Gasteiger partial charge on any atom is 0.303 e. The van der Waals surface area contributed by atoms with E-state index in [0.717, 1.165) is 10.6 Å². The van der Waals surface area contributed by atoms with Crippen LogP contribution >= 0.6 is 35.0 Å². The first-order valence-corrected chi connectivity index (χ1v) is 7.97. The fraction of sp³-hybridized carbons (Fsp3) is 0.308. The van der Waals surface area contributed by atoms with Crippen molar-refractivity contribution < 1.29 is 9.90 Å². The van der Waals surface area contributed by atoms with Gasteiger partial charge in [-0.15, -0.1) is 16.9 Å². The minimum Gasteiger partial charge on any atom is -0.481 e. The molecule has 0 spiro atoms. The Morgan fingerprint density at radius 1 is 1.38 bits per heavy atom. The minimum atomic E-state index is -0.837. The lowest BCUT2D eigenvalue weighted by molar-refractivity contribution is -0.136. The maximum absolute atomic E-state index is 10.5. The molecule has 2 aromatic rings. The van der Waals surface area contributed by atoms with Crippen molar-refractivity contribution in [1.29, 1.82) is 0 Å². The van der Waals surface area contributed by atoms with E-state index in [2.05, 4.69) is 10.3 Å². The Bertz CT molecular complexity index is 634. The number of aliphatic carboxylic acids is 1. The van der Waals surface area contributed by atoms with Crippen LogP contribution in [-0.2, 0) is 17.8 Å². The van der Waals surface area contributed by atoms with Crippen molar-refractivity contribution in [1.82, 2.24) is 15.0 Å². The summed E-state index contributed by atoms with van der Waals surface area (Å²) in [5.74, 6) is -0.0716. The van der Waals surface area contributed by atoms with Gasteiger partial charge in [0.25, 0.3) is 0 Å². The third-order valence-corrected chi connectivity index (χ3v) is 4.36. The fourth-order valence-electron chi connectivity index (χ4n) is 1.63. The summed E-state index contributed by atoms with van der Waals surface area (Å²) in [5, 5.41) is 17.8. The smallest absolute Gasteiger partial charge is 0.303 e. The second-order valence-electron chi connectivity index (χ2n) is 4.29. The van der Waals surface area contributed by atoms with Crippen molar-refractivity contribution in [2.24, 2.45) is 0 Å². The van der Waals surface area contributed by atoms with Gasteiger partial charge in [0.15, 0.2) is 0 Å². The lowest BCUT2D eigenvalue weighted by Crippen LogP contribution is -2.01. The Labute approximate surface area is 136 Å². The van der Waals surface area contributed by atoms with Gasteiger partial charge in [-0.3, -0.25) is 9.48 Å². The molecule has 0 atom stereocenters.